The molecule has 0 fully saturated rings. The van der Waals surface area contributed by atoms with Crippen LogP contribution in [0.1, 0.15) is 28.7 Å². The van der Waals surface area contributed by atoms with Crippen LogP contribution in [0.4, 0.5) is 0 Å². The normalized spacial score (nSPS) is 10.2. The number of hydrogen-bond donors (Lipinski definition) is 2. The molecule has 1 rings (SSSR count). The number of amides is 1. The lowest BCUT2D eigenvalue weighted by molar-refractivity contribution is -0.118. The van der Waals surface area contributed by atoms with Gasteiger partial charge in [0.1, 0.15) is 0 Å². The highest BCUT2D eigenvalue weighted by Gasteiger charge is 2.10. The Balaban J connectivity index is 2.81. The summed E-state index contributed by atoms with van der Waals surface area (Å²) in [5.74, 6) is -0.0604. The van der Waals surface area contributed by atoms with Gasteiger partial charge in [-0.3, -0.25) is 9.59 Å². The zero-order valence-electron chi connectivity index (χ0n) is 9.62. The number of aldehydes is 1. The number of nitrogens with zero attached hydrogens (tertiary/aromatic N) is 1. The number of carbonyl (C=O) groups is 2. The zero-order chi connectivity index (χ0) is 12.1. The third-order valence-electron chi connectivity index (χ3n) is 2.48. The largest absolute Gasteiger partial charge is 0.355 e. The Hall–Kier alpha value is -1.62. The van der Waals surface area contributed by atoms with E-state index in [0.717, 1.165) is 17.7 Å². The summed E-state index contributed by atoms with van der Waals surface area (Å²) in [6.45, 7) is 4.88. The molecule has 1 amide bonds. The van der Waals surface area contributed by atoms with Crippen molar-refractivity contribution in [2.75, 3.05) is 6.54 Å². The van der Waals surface area contributed by atoms with Crippen molar-refractivity contribution in [3.05, 3.63) is 23.0 Å². The predicted molar refractivity (Wildman–Crippen MR) is 61.1 cm³/mol. The molecule has 5 nitrogen and oxygen atoms in total. The van der Waals surface area contributed by atoms with Crippen LogP contribution in [0.5, 0.6) is 0 Å². The van der Waals surface area contributed by atoms with Gasteiger partial charge in [-0.15, -0.1) is 0 Å². The lowest BCUT2D eigenvalue weighted by atomic mass is 10.2. The summed E-state index contributed by atoms with van der Waals surface area (Å²) in [6.07, 6.45) is 0.810. The van der Waals surface area contributed by atoms with Crippen molar-refractivity contribution < 1.29 is 9.59 Å². The van der Waals surface area contributed by atoms with Crippen LogP contribution >= 0.6 is 0 Å². The molecule has 5 heteroatoms. The van der Waals surface area contributed by atoms with Crippen molar-refractivity contribution in [2.24, 2.45) is 5.73 Å². The minimum atomic E-state index is -0.0604. The quantitative estimate of drug-likeness (QED) is 0.700. The maximum atomic E-state index is 10.8. The molecule has 0 bridgehead atoms. The Bertz CT molecular complexity index is 396. The van der Waals surface area contributed by atoms with Crippen LogP contribution in [0.2, 0.25) is 0 Å². The van der Waals surface area contributed by atoms with Gasteiger partial charge in [-0.25, -0.2) is 0 Å². The van der Waals surface area contributed by atoms with Gasteiger partial charge in [0, 0.05) is 43.5 Å². The maximum Gasteiger partial charge on any atom is 0.216 e. The Morgan fingerprint density at radius 1 is 1.62 bits per heavy atom. The van der Waals surface area contributed by atoms with Crippen LogP contribution in [0, 0.1) is 6.92 Å². The lowest BCUT2D eigenvalue weighted by Gasteiger charge is -2.11. The molecule has 0 aromatic carbocycles. The van der Waals surface area contributed by atoms with Crippen molar-refractivity contribution in [3.63, 3.8) is 0 Å². The number of carbonyl (C=O) groups excluding carboxylic acids is 2. The molecule has 0 atom stereocenters. The topological polar surface area (TPSA) is 77.1 Å². The first-order valence-electron chi connectivity index (χ1n) is 5.18. The third kappa shape index (κ3) is 2.70. The van der Waals surface area contributed by atoms with Crippen molar-refractivity contribution in [1.29, 1.82) is 0 Å². The molecule has 0 aliphatic carbocycles. The molecule has 16 heavy (non-hydrogen) atoms. The number of aromatic nitrogens is 1. The first-order chi connectivity index (χ1) is 7.60. The second kappa shape index (κ2) is 5.46. The summed E-state index contributed by atoms with van der Waals surface area (Å²) >= 11 is 0. The number of aryl methyl sites for hydroxylation is 1. The van der Waals surface area contributed by atoms with Crippen molar-refractivity contribution in [1.82, 2.24) is 9.88 Å². The zero-order valence-corrected chi connectivity index (χ0v) is 9.62. The Labute approximate surface area is 94.6 Å². The van der Waals surface area contributed by atoms with Gasteiger partial charge in [-0.1, -0.05) is 0 Å². The Kier molecular flexibility index (Phi) is 4.25. The van der Waals surface area contributed by atoms with E-state index in [1.54, 1.807) is 0 Å². The fourth-order valence-electron chi connectivity index (χ4n) is 1.74. The summed E-state index contributed by atoms with van der Waals surface area (Å²) in [4.78, 5) is 21.5. The van der Waals surface area contributed by atoms with Gasteiger partial charge in [0.15, 0.2) is 6.29 Å². The standard InChI is InChI=1S/C11H17N3O2/c1-8-5-10(7-15)11(6-12)14(8)4-3-13-9(2)16/h5,7H,3-4,6,12H2,1-2H3,(H,13,16). The predicted octanol–water partition coefficient (Wildman–Crippen LogP) is 0.204. The van der Waals surface area contributed by atoms with Gasteiger partial charge >= 0.3 is 0 Å². The SMILES string of the molecule is CC(=O)NCCn1c(C)cc(C=O)c1CN. The molecule has 88 valence electrons. The van der Waals surface area contributed by atoms with E-state index in [-0.39, 0.29) is 5.91 Å². The molecule has 0 radical (unpaired) electrons. The molecule has 0 unspecified atom stereocenters. The van der Waals surface area contributed by atoms with E-state index in [4.69, 9.17) is 5.73 Å². The molecule has 1 aromatic rings. The average molecular weight is 223 g/mol. The van der Waals surface area contributed by atoms with Crippen molar-refractivity contribution in [2.45, 2.75) is 26.9 Å². The molecular formula is C11H17N3O2. The lowest BCUT2D eigenvalue weighted by Crippen LogP contribution is -2.25. The number of nitrogens with one attached hydrogen (secondary N) is 1. The number of nitrogens with two attached hydrogens (primary N) is 1. The van der Waals surface area contributed by atoms with Crippen LogP contribution in [-0.2, 0) is 17.9 Å². The van der Waals surface area contributed by atoms with Crippen LogP contribution in [0.3, 0.4) is 0 Å². The van der Waals surface area contributed by atoms with Crippen LogP contribution in [0.25, 0.3) is 0 Å². The summed E-state index contributed by atoms with van der Waals surface area (Å²) < 4.78 is 1.96. The van der Waals surface area contributed by atoms with Gasteiger partial charge in [-0.2, -0.15) is 0 Å². The highest BCUT2D eigenvalue weighted by molar-refractivity contribution is 5.77. The molecule has 0 aliphatic rings. The van der Waals surface area contributed by atoms with Crippen LogP contribution < -0.4 is 11.1 Å². The van der Waals surface area contributed by atoms with Gasteiger partial charge in [-0.05, 0) is 13.0 Å². The Morgan fingerprint density at radius 3 is 2.81 bits per heavy atom. The summed E-state index contributed by atoms with van der Waals surface area (Å²) in [5.41, 5.74) is 8.03. The minimum Gasteiger partial charge on any atom is -0.355 e. The van der Waals surface area contributed by atoms with E-state index in [0.29, 0.717) is 25.2 Å². The molecule has 1 heterocycles. The first-order valence-corrected chi connectivity index (χ1v) is 5.18. The van der Waals surface area contributed by atoms with Crippen molar-refractivity contribution in [3.8, 4) is 0 Å². The smallest absolute Gasteiger partial charge is 0.216 e. The van der Waals surface area contributed by atoms with Crippen molar-refractivity contribution >= 4 is 12.2 Å². The van der Waals surface area contributed by atoms with Gasteiger partial charge in [0.25, 0.3) is 0 Å². The second-order valence-electron chi connectivity index (χ2n) is 3.64. The fraction of sp³-hybridized carbons (Fsp3) is 0.455. The molecule has 0 saturated carbocycles. The molecule has 0 aliphatic heterocycles. The third-order valence-corrected chi connectivity index (χ3v) is 2.48. The summed E-state index contributed by atoms with van der Waals surface area (Å²) in [7, 11) is 0. The van der Waals surface area contributed by atoms with E-state index < -0.39 is 0 Å². The van der Waals surface area contributed by atoms with E-state index in [1.807, 2.05) is 17.6 Å². The van der Waals surface area contributed by atoms with E-state index in [1.165, 1.54) is 6.92 Å². The molecule has 0 spiro atoms. The first kappa shape index (κ1) is 12.4. The summed E-state index contributed by atoms with van der Waals surface area (Å²) in [6, 6.07) is 1.81. The molecular weight excluding hydrogens is 206 g/mol. The molecule has 0 saturated heterocycles. The monoisotopic (exact) mass is 223 g/mol. The van der Waals surface area contributed by atoms with Gasteiger partial charge in [0.05, 0.1) is 0 Å². The Morgan fingerprint density at radius 2 is 2.31 bits per heavy atom. The summed E-state index contributed by atoms with van der Waals surface area (Å²) in [5, 5.41) is 2.71. The second-order valence-corrected chi connectivity index (χ2v) is 3.64. The van der Waals surface area contributed by atoms with Crippen LogP contribution in [0.15, 0.2) is 6.07 Å². The highest BCUT2D eigenvalue weighted by Crippen LogP contribution is 2.13. The molecule has 1 aromatic heterocycles. The van der Waals surface area contributed by atoms with Gasteiger partial charge < -0.3 is 15.6 Å². The average Bonchev–Trinajstić information content (AvgIpc) is 2.54. The van der Waals surface area contributed by atoms with E-state index in [9.17, 15) is 9.59 Å². The fourth-order valence-corrected chi connectivity index (χ4v) is 1.74. The minimum absolute atomic E-state index is 0.0604. The van der Waals surface area contributed by atoms with Crippen LogP contribution in [-0.4, -0.2) is 23.3 Å². The number of hydrogen-bond acceptors (Lipinski definition) is 3. The maximum absolute atomic E-state index is 10.8. The van der Waals surface area contributed by atoms with E-state index >= 15 is 0 Å². The number of rotatable bonds is 5. The van der Waals surface area contributed by atoms with Gasteiger partial charge in [0.2, 0.25) is 5.91 Å². The molecule has 3 N–H and O–H groups in total. The van der Waals surface area contributed by atoms with E-state index in [2.05, 4.69) is 5.32 Å². The highest BCUT2D eigenvalue weighted by atomic mass is 16.1.